The van der Waals surface area contributed by atoms with E-state index in [1.165, 1.54) is 35.4 Å². The Hall–Kier alpha value is -1.60. The number of fused-ring (bicyclic) bond motifs is 2. The molecule has 0 radical (unpaired) electrons. The van der Waals surface area contributed by atoms with Crippen LogP contribution in [0.1, 0.15) is 30.9 Å². The first-order valence-corrected chi connectivity index (χ1v) is 13.0. The van der Waals surface area contributed by atoms with Crippen LogP contribution in [0.2, 0.25) is 0 Å². The summed E-state index contributed by atoms with van der Waals surface area (Å²) in [5, 5.41) is 4.59. The van der Waals surface area contributed by atoms with Crippen LogP contribution in [0, 0.1) is 0 Å². The van der Waals surface area contributed by atoms with Crippen LogP contribution in [0.15, 0.2) is 75.7 Å². The monoisotopic (exact) mass is 520 g/mol. The lowest BCUT2D eigenvalue weighted by atomic mass is 10.1. The first-order chi connectivity index (χ1) is 15.3. The van der Waals surface area contributed by atoms with E-state index in [9.17, 15) is 0 Å². The van der Waals surface area contributed by atoms with Crippen molar-refractivity contribution in [1.29, 1.82) is 0 Å². The molecule has 0 N–H and O–H groups in total. The van der Waals surface area contributed by atoms with E-state index in [0.717, 1.165) is 42.1 Å². The third-order valence-electron chi connectivity index (χ3n) is 5.86. The Morgan fingerprint density at radius 1 is 1.06 bits per heavy atom. The highest BCUT2D eigenvalue weighted by atomic mass is 35.5. The molecule has 3 aliphatic heterocycles. The van der Waals surface area contributed by atoms with Crippen LogP contribution in [0.25, 0.3) is 0 Å². The van der Waals surface area contributed by atoms with Crippen molar-refractivity contribution in [2.45, 2.75) is 38.8 Å². The molecule has 0 spiro atoms. The average Bonchev–Trinajstić information content (AvgIpc) is 3.37. The highest BCUT2D eigenvalue weighted by molar-refractivity contribution is 8.17. The van der Waals surface area contributed by atoms with Gasteiger partial charge in [0.25, 0.3) is 0 Å². The fourth-order valence-corrected chi connectivity index (χ4v) is 6.33. The highest BCUT2D eigenvalue weighted by Crippen LogP contribution is 2.36. The van der Waals surface area contributed by atoms with Gasteiger partial charge in [-0.05, 0) is 35.4 Å². The van der Waals surface area contributed by atoms with Crippen LogP contribution in [-0.4, -0.2) is 40.1 Å². The van der Waals surface area contributed by atoms with Gasteiger partial charge in [0.2, 0.25) is 0 Å². The highest BCUT2D eigenvalue weighted by Gasteiger charge is 2.32. The Morgan fingerprint density at radius 2 is 1.85 bits per heavy atom. The lowest BCUT2D eigenvalue weighted by Gasteiger charge is -2.31. The minimum atomic E-state index is 0. The summed E-state index contributed by atoms with van der Waals surface area (Å²) in [7, 11) is 0. The molecule has 0 fully saturated rings. The maximum atomic E-state index is 4.98. The first kappa shape index (κ1) is 26.0. The van der Waals surface area contributed by atoms with Gasteiger partial charge < -0.3 is 9.80 Å². The number of anilines is 1. The number of hydrogen-bond donors (Lipinski definition) is 0. The second kappa shape index (κ2) is 12.2. The lowest BCUT2D eigenvalue weighted by molar-refractivity contribution is 0.512. The lowest BCUT2D eigenvalue weighted by Crippen LogP contribution is -2.34. The van der Waals surface area contributed by atoms with Crippen molar-refractivity contribution in [3.8, 4) is 0 Å². The summed E-state index contributed by atoms with van der Waals surface area (Å²) in [5.41, 5.74) is 5.39. The van der Waals surface area contributed by atoms with E-state index in [-0.39, 0.29) is 24.8 Å². The van der Waals surface area contributed by atoms with E-state index in [4.69, 9.17) is 9.98 Å². The van der Waals surface area contributed by atoms with Gasteiger partial charge in [-0.1, -0.05) is 85.4 Å². The van der Waals surface area contributed by atoms with Crippen molar-refractivity contribution >= 4 is 64.4 Å². The van der Waals surface area contributed by atoms with Gasteiger partial charge in [0.15, 0.2) is 10.3 Å². The normalized spacial score (nSPS) is 18.5. The molecule has 1 unspecified atom stereocenters. The fraction of sp³-hybridized carbons (Fsp3) is 0.360. The molecule has 5 rings (SSSR count). The molecule has 4 nitrogen and oxygen atoms in total. The summed E-state index contributed by atoms with van der Waals surface area (Å²) in [5.74, 6) is 0.938. The van der Waals surface area contributed by atoms with Crippen LogP contribution < -0.4 is 4.90 Å². The Bertz CT molecular complexity index is 1030. The number of rotatable bonds is 7. The largest absolute Gasteiger partial charge is 0.321 e. The van der Waals surface area contributed by atoms with Gasteiger partial charge in [-0.3, -0.25) is 9.98 Å². The van der Waals surface area contributed by atoms with Crippen molar-refractivity contribution in [1.82, 2.24) is 4.90 Å². The van der Waals surface area contributed by atoms with Gasteiger partial charge in [-0.2, -0.15) is 0 Å². The third kappa shape index (κ3) is 5.91. The number of halogens is 2. The van der Waals surface area contributed by atoms with Crippen LogP contribution in [0.4, 0.5) is 5.69 Å². The smallest absolute Gasteiger partial charge is 0.168 e. The summed E-state index contributed by atoms with van der Waals surface area (Å²) in [6.07, 6.45) is 3.38. The number of aliphatic imine (C=N–C) groups is 2. The molecule has 3 heterocycles. The molecule has 3 aliphatic rings. The van der Waals surface area contributed by atoms with E-state index in [1.54, 1.807) is 11.8 Å². The molecule has 2 aromatic carbocycles. The Labute approximate surface area is 217 Å². The molecular formula is C25H30Cl2N4S2. The summed E-state index contributed by atoms with van der Waals surface area (Å²) in [4.78, 5) is 14.8. The van der Waals surface area contributed by atoms with Gasteiger partial charge in [-0.25, -0.2) is 0 Å². The van der Waals surface area contributed by atoms with Crippen LogP contribution in [-0.2, 0) is 13.0 Å². The number of hydrogen-bond acceptors (Lipinski definition) is 6. The van der Waals surface area contributed by atoms with E-state index < -0.39 is 0 Å². The maximum Gasteiger partial charge on any atom is 0.168 e. The van der Waals surface area contributed by atoms with E-state index in [1.807, 2.05) is 11.8 Å². The van der Waals surface area contributed by atoms with Gasteiger partial charge in [0.05, 0.1) is 12.6 Å². The van der Waals surface area contributed by atoms with Crippen molar-refractivity contribution in [2.75, 3.05) is 23.7 Å². The number of benzene rings is 2. The molecule has 0 amide bonds. The summed E-state index contributed by atoms with van der Waals surface area (Å²) in [6.45, 7) is 5.05. The summed E-state index contributed by atoms with van der Waals surface area (Å²) in [6, 6.07) is 19.8. The minimum Gasteiger partial charge on any atom is -0.321 e. The predicted molar refractivity (Wildman–Crippen MR) is 151 cm³/mol. The summed E-state index contributed by atoms with van der Waals surface area (Å²) >= 11 is 3.64. The van der Waals surface area contributed by atoms with Gasteiger partial charge >= 0.3 is 0 Å². The molecule has 8 heteroatoms. The molecule has 1 atom stereocenters. The van der Waals surface area contributed by atoms with E-state index in [2.05, 4.69) is 76.7 Å². The Balaban J connectivity index is 0.00000153. The standard InChI is InChI=1S/C25H28N4S2.2ClH/c1-2-3-13-28-23-12-8-7-11-20(23)15-26-24(28)30-17-22-18-31-25-27-21(16-29(22)25)14-19-9-5-4-6-10-19;;/h4-12,18,21H,2-3,13-17H2,1H3;2*1H. The van der Waals surface area contributed by atoms with Gasteiger partial charge in [0.1, 0.15) is 0 Å². The number of para-hydroxylation sites is 1. The van der Waals surface area contributed by atoms with Crippen LogP contribution >= 0.6 is 48.3 Å². The molecule has 0 aromatic heterocycles. The quantitative estimate of drug-likeness (QED) is 0.410. The van der Waals surface area contributed by atoms with Gasteiger partial charge in [0, 0.05) is 30.2 Å². The van der Waals surface area contributed by atoms with E-state index in [0.29, 0.717) is 6.04 Å². The SMILES string of the molecule is CCCCN1C(SCC2=CSC3=NC(Cc4ccccc4)CN23)=NCc2ccccc21.Cl.Cl. The number of nitrogens with zero attached hydrogens (tertiary/aromatic N) is 4. The molecule has 0 bridgehead atoms. The number of amidine groups is 2. The first-order valence-electron chi connectivity index (χ1n) is 11.1. The van der Waals surface area contributed by atoms with Crippen LogP contribution in [0.3, 0.4) is 0 Å². The van der Waals surface area contributed by atoms with Crippen molar-refractivity contribution in [2.24, 2.45) is 9.98 Å². The van der Waals surface area contributed by atoms with Crippen molar-refractivity contribution < 1.29 is 0 Å². The maximum absolute atomic E-state index is 4.98. The van der Waals surface area contributed by atoms with Crippen LogP contribution in [0.5, 0.6) is 0 Å². The fourth-order valence-electron chi connectivity index (χ4n) is 4.23. The number of unbranched alkanes of at least 4 members (excludes halogenated alkanes) is 1. The molecule has 2 aromatic rings. The topological polar surface area (TPSA) is 31.2 Å². The molecular weight excluding hydrogens is 491 g/mol. The minimum absolute atomic E-state index is 0. The van der Waals surface area contributed by atoms with Gasteiger partial charge in [-0.15, -0.1) is 24.8 Å². The second-order valence-corrected chi connectivity index (χ2v) is 9.89. The summed E-state index contributed by atoms with van der Waals surface area (Å²) < 4.78 is 0. The predicted octanol–water partition coefficient (Wildman–Crippen LogP) is 6.61. The Kier molecular flexibility index (Phi) is 9.62. The molecule has 33 heavy (non-hydrogen) atoms. The second-order valence-electron chi connectivity index (χ2n) is 8.11. The Morgan fingerprint density at radius 3 is 2.67 bits per heavy atom. The average molecular weight is 522 g/mol. The number of thioether (sulfide) groups is 2. The molecule has 176 valence electrons. The molecule has 0 aliphatic carbocycles. The zero-order chi connectivity index (χ0) is 21.0. The third-order valence-corrected chi connectivity index (χ3v) is 7.84. The molecule has 0 saturated heterocycles. The molecule has 0 saturated carbocycles. The zero-order valence-electron chi connectivity index (χ0n) is 18.7. The van der Waals surface area contributed by atoms with Crippen molar-refractivity contribution in [3.05, 3.63) is 76.8 Å². The zero-order valence-corrected chi connectivity index (χ0v) is 22.0. The van der Waals surface area contributed by atoms with E-state index >= 15 is 0 Å². The van der Waals surface area contributed by atoms with Crippen molar-refractivity contribution in [3.63, 3.8) is 0 Å².